The molecule has 3 N–H and O–H groups in total. The molecule has 2 heterocycles. The second-order valence-corrected chi connectivity index (χ2v) is 10.4. The zero-order valence-electron chi connectivity index (χ0n) is 22.6. The average molecular weight is 587 g/mol. The minimum Gasteiger partial charge on any atom is -0.481 e. The number of hydrogen-bond donors (Lipinski definition) is 3. The molecule has 0 spiro atoms. The normalized spacial score (nSPS) is 11.9. The van der Waals surface area contributed by atoms with Crippen LogP contribution in [0.25, 0.3) is 33.1 Å². The topological polar surface area (TPSA) is 139 Å². The van der Waals surface area contributed by atoms with Gasteiger partial charge in [0.1, 0.15) is 17.2 Å². The Hall–Kier alpha value is -4.89. The van der Waals surface area contributed by atoms with Crippen LogP contribution in [0.2, 0.25) is 5.02 Å². The highest BCUT2D eigenvalue weighted by atomic mass is 35.5. The summed E-state index contributed by atoms with van der Waals surface area (Å²) >= 11 is 5.97. The van der Waals surface area contributed by atoms with Crippen molar-refractivity contribution in [1.82, 2.24) is 10.6 Å². The lowest BCUT2D eigenvalue weighted by Crippen LogP contribution is -2.49. The number of carbonyl (C=O) groups excluding carboxylic acids is 2. The van der Waals surface area contributed by atoms with Crippen LogP contribution >= 0.6 is 11.6 Å². The third-order valence-electron chi connectivity index (χ3n) is 7.05. The molecule has 5 aromatic rings. The number of carboxylic acids is 1. The lowest BCUT2D eigenvalue weighted by Gasteiger charge is -2.19. The van der Waals surface area contributed by atoms with Gasteiger partial charge in [0.15, 0.2) is 0 Å². The van der Waals surface area contributed by atoms with Crippen molar-refractivity contribution < 1.29 is 28.3 Å². The highest BCUT2D eigenvalue weighted by Gasteiger charge is 2.24. The van der Waals surface area contributed by atoms with E-state index < -0.39 is 29.5 Å². The fourth-order valence-corrected chi connectivity index (χ4v) is 4.97. The van der Waals surface area contributed by atoms with Gasteiger partial charge < -0.3 is 24.6 Å². The van der Waals surface area contributed by atoms with Crippen LogP contribution in [-0.2, 0) is 27.2 Å². The molecule has 0 radical (unpaired) electrons. The summed E-state index contributed by atoms with van der Waals surface area (Å²) in [4.78, 5) is 50.0. The predicted octanol–water partition coefficient (Wildman–Crippen LogP) is 5.03. The van der Waals surface area contributed by atoms with Gasteiger partial charge in [-0.25, -0.2) is 4.79 Å². The van der Waals surface area contributed by atoms with Crippen molar-refractivity contribution in [2.75, 3.05) is 6.54 Å². The molecule has 0 unspecified atom stereocenters. The molecule has 0 aliphatic carbocycles. The number of nitrogens with one attached hydrogen (secondary N) is 2. The number of carbonyl (C=O) groups is 3. The zero-order valence-corrected chi connectivity index (χ0v) is 23.4. The molecule has 2 amide bonds. The van der Waals surface area contributed by atoms with Crippen LogP contribution in [0.15, 0.2) is 86.6 Å². The van der Waals surface area contributed by atoms with E-state index in [0.29, 0.717) is 27.1 Å². The zero-order chi connectivity index (χ0) is 29.8. The van der Waals surface area contributed by atoms with E-state index >= 15 is 0 Å². The first-order chi connectivity index (χ1) is 20.2. The van der Waals surface area contributed by atoms with Crippen LogP contribution in [0, 0.1) is 6.92 Å². The number of furan rings is 1. The van der Waals surface area contributed by atoms with Gasteiger partial charge in [0.2, 0.25) is 11.8 Å². The maximum atomic E-state index is 13.2. The largest absolute Gasteiger partial charge is 0.481 e. The Morgan fingerprint density at radius 2 is 1.71 bits per heavy atom. The van der Waals surface area contributed by atoms with E-state index in [2.05, 4.69) is 10.6 Å². The summed E-state index contributed by atoms with van der Waals surface area (Å²) in [5, 5.41) is 16.2. The Labute approximate surface area is 245 Å². The molecule has 1 atom stereocenters. The van der Waals surface area contributed by atoms with E-state index in [1.54, 1.807) is 43.5 Å². The second kappa shape index (κ2) is 12.3. The monoisotopic (exact) mass is 586 g/mol. The quantitative estimate of drug-likeness (QED) is 0.195. The van der Waals surface area contributed by atoms with Crippen molar-refractivity contribution in [3.05, 3.63) is 105 Å². The first-order valence-electron chi connectivity index (χ1n) is 13.3. The molecule has 3 aromatic carbocycles. The lowest BCUT2D eigenvalue weighted by atomic mass is 9.99. The number of halogens is 1. The van der Waals surface area contributed by atoms with Crippen molar-refractivity contribution in [3.63, 3.8) is 0 Å². The number of aryl methyl sites for hydroxylation is 1. The number of fused-ring (bicyclic) bond motifs is 2. The molecule has 9 nitrogen and oxygen atoms in total. The molecule has 10 heteroatoms. The minimum absolute atomic E-state index is 0.0953. The standard InChI is InChI=1S/C32H27ClN2O7/c1-18-22-14-24-25(20-5-3-2-4-6-20)17-41-27(24)16-28(22)42-32(40)23(18)15-29(36)35-26(31(39)34-12-11-30(37)38)13-19-7-9-21(33)10-8-19/h2-10,14,16-17,26H,11-13,15H2,1H3,(H,34,39)(H,35,36)(H,37,38)/t26-/m0/s1. The molecular formula is C32H27ClN2O7. The highest BCUT2D eigenvalue weighted by Crippen LogP contribution is 2.34. The van der Waals surface area contributed by atoms with Gasteiger partial charge in [0.05, 0.1) is 24.7 Å². The Morgan fingerprint density at radius 3 is 2.43 bits per heavy atom. The Kier molecular flexibility index (Phi) is 8.40. The second-order valence-electron chi connectivity index (χ2n) is 9.92. The molecule has 214 valence electrons. The smallest absolute Gasteiger partial charge is 0.340 e. The van der Waals surface area contributed by atoms with Gasteiger partial charge in [-0.2, -0.15) is 0 Å². The van der Waals surface area contributed by atoms with Gasteiger partial charge in [-0.05, 0) is 41.8 Å². The number of amides is 2. The van der Waals surface area contributed by atoms with Gasteiger partial charge in [0.25, 0.3) is 0 Å². The molecule has 0 aliphatic heterocycles. The van der Waals surface area contributed by atoms with Crippen molar-refractivity contribution in [2.45, 2.75) is 32.2 Å². The van der Waals surface area contributed by atoms with Gasteiger partial charge in [-0.3, -0.25) is 14.4 Å². The van der Waals surface area contributed by atoms with E-state index in [1.807, 2.05) is 36.4 Å². The summed E-state index contributed by atoms with van der Waals surface area (Å²) in [6.45, 7) is 1.65. The highest BCUT2D eigenvalue weighted by molar-refractivity contribution is 6.30. The molecular weight excluding hydrogens is 560 g/mol. The molecule has 5 rings (SSSR count). The summed E-state index contributed by atoms with van der Waals surface area (Å²) in [6, 6.07) is 19.1. The predicted molar refractivity (Wildman–Crippen MR) is 158 cm³/mol. The van der Waals surface area contributed by atoms with Crippen molar-refractivity contribution in [3.8, 4) is 11.1 Å². The first kappa shape index (κ1) is 28.6. The van der Waals surface area contributed by atoms with Gasteiger partial charge in [-0.1, -0.05) is 54.1 Å². The summed E-state index contributed by atoms with van der Waals surface area (Å²) in [5.74, 6) is -2.17. The van der Waals surface area contributed by atoms with Crippen LogP contribution in [0.5, 0.6) is 0 Å². The molecule has 2 aromatic heterocycles. The minimum atomic E-state index is -1.06. The van der Waals surface area contributed by atoms with Crippen LogP contribution < -0.4 is 16.3 Å². The fraction of sp³-hybridized carbons (Fsp3) is 0.188. The van der Waals surface area contributed by atoms with E-state index in [-0.39, 0.29) is 31.4 Å². The fourth-order valence-electron chi connectivity index (χ4n) is 4.84. The maximum absolute atomic E-state index is 13.2. The SMILES string of the molecule is Cc1c(CC(=O)N[C@@H](Cc2ccc(Cl)cc2)C(=O)NCCC(=O)O)c(=O)oc2cc3occ(-c4ccccc4)c3cc12. The Morgan fingerprint density at radius 1 is 0.976 bits per heavy atom. The molecule has 0 fully saturated rings. The number of aliphatic carboxylic acids is 1. The van der Waals surface area contributed by atoms with Crippen LogP contribution in [0.1, 0.15) is 23.1 Å². The van der Waals surface area contributed by atoms with E-state index in [0.717, 1.165) is 22.1 Å². The van der Waals surface area contributed by atoms with Crippen LogP contribution in [0.3, 0.4) is 0 Å². The molecule has 0 bridgehead atoms. The van der Waals surface area contributed by atoms with Crippen LogP contribution in [-0.4, -0.2) is 35.5 Å². The van der Waals surface area contributed by atoms with E-state index in [1.165, 1.54) is 0 Å². The maximum Gasteiger partial charge on any atom is 0.340 e. The first-order valence-corrected chi connectivity index (χ1v) is 13.6. The van der Waals surface area contributed by atoms with Gasteiger partial charge in [0, 0.05) is 40.4 Å². The molecule has 0 aliphatic rings. The van der Waals surface area contributed by atoms with Crippen molar-refractivity contribution in [1.29, 1.82) is 0 Å². The lowest BCUT2D eigenvalue weighted by molar-refractivity contribution is -0.137. The molecule has 42 heavy (non-hydrogen) atoms. The van der Waals surface area contributed by atoms with E-state index in [4.69, 9.17) is 25.5 Å². The van der Waals surface area contributed by atoms with Crippen molar-refractivity contribution in [2.24, 2.45) is 0 Å². The Bertz CT molecular complexity index is 1840. The van der Waals surface area contributed by atoms with Crippen LogP contribution in [0.4, 0.5) is 0 Å². The summed E-state index contributed by atoms with van der Waals surface area (Å²) in [6.07, 6.45) is 1.20. The van der Waals surface area contributed by atoms with Gasteiger partial charge >= 0.3 is 11.6 Å². The molecule has 0 saturated heterocycles. The average Bonchev–Trinajstić information content (AvgIpc) is 3.38. The van der Waals surface area contributed by atoms with Gasteiger partial charge in [-0.15, -0.1) is 0 Å². The number of hydrogen-bond acceptors (Lipinski definition) is 6. The Balaban J connectivity index is 1.41. The number of benzene rings is 3. The molecule has 0 saturated carbocycles. The number of rotatable bonds is 10. The van der Waals surface area contributed by atoms with E-state index in [9.17, 15) is 19.2 Å². The summed E-state index contributed by atoms with van der Waals surface area (Å²) in [7, 11) is 0. The van der Waals surface area contributed by atoms with Crippen molar-refractivity contribution >= 4 is 51.3 Å². The third-order valence-corrected chi connectivity index (χ3v) is 7.30. The summed E-state index contributed by atoms with van der Waals surface area (Å²) < 4.78 is 11.3. The summed E-state index contributed by atoms with van der Waals surface area (Å²) in [5.41, 5.74) is 3.58. The third kappa shape index (κ3) is 6.37. The number of carboxylic acid groups (broad SMARTS) is 1.